The average molecular weight is 158 g/mol. The lowest BCUT2D eigenvalue weighted by molar-refractivity contribution is 1.10. The second-order valence-electron chi connectivity index (χ2n) is 2.17. The van der Waals surface area contributed by atoms with Crippen LogP contribution in [0.1, 0.15) is 0 Å². The van der Waals surface area contributed by atoms with Gasteiger partial charge in [-0.2, -0.15) is 0 Å². The molecule has 4 nitrogen and oxygen atoms in total. The zero-order chi connectivity index (χ0) is 8.23. The van der Waals surface area contributed by atoms with E-state index in [-0.39, 0.29) is 0 Å². The highest BCUT2D eigenvalue weighted by molar-refractivity contribution is 5.46. The van der Waals surface area contributed by atoms with Gasteiger partial charge in [0.15, 0.2) is 5.82 Å². The van der Waals surface area contributed by atoms with Crippen LogP contribution in [0.4, 0.5) is 0 Å². The van der Waals surface area contributed by atoms with Gasteiger partial charge in [-0.1, -0.05) is 0 Å². The van der Waals surface area contributed by atoms with Crippen LogP contribution in [0.3, 0.4) is 0 Å². The van der Waals surface area contributed by atoms with Gasteiger partial charge in [0.1, 0.15) is 12.0 Å². The maximum Gasteiger partial charge on any atom is 0.178 e. The highest BCUT2D eigenvalue weighted by atomic mass is 14.9. The molecule has 12 heavy (non-hydrogen) atoms. The minimum Gasteiger partial charge on any atom is -0.245 e. The summed E-state index contributed by atoms with van der Waals surface area (Å²) in [5.74, 6) is 0.625. The summed E-state index contributed by atoms with van der Waals surface area (Å²) in [5.41, 5.74) is 0.741. The van der Waals surface area contributed by atoms with Crippen LogP contribution in [-0.4, -0.2) is 19.9 Å². The van der Waals surface area contributed by atoms with Gasteiger partial charge in [-0.25, -0.2) is 19.9 Å². The second-order valence-corrected chi connectivity index (χ2v) is 2.17. The molecule has 4 heteroatoms. The van der Waals surface area contributed by atoms with Crippen molar-refractivity contribution in [3.05, 3.63) is 37.1 Å². The molecule has 0 radical (unpaired) electrons. The molecule has 0 spiro atoms. The molecule has 0 saturated heterocycles. The lowest BCUT2D eigenvalue weighted by Crippen LogP contribution is -1.89. The molecule has 0 N–H and O–H groups in total. The van der Waals surface area contributed by atoms with Gasteiger partial charge in [0, 0.05) is 18.6 Å². The van der Waals surface area contributed by atoms with Crippen LogP contribution < -0.4 is 0 Å². The van der Waals surface area contributed by atoms with Crippen LogP contribution in [0, 0.1) is 0 Å². The van der Waals surface area contributed by atoms with Gasteiger partial charge in [0.05, 0.1) is 0 Å². The summed E-state index contributed by atoms with van der Waals surface area (Å²) in [6.45, 7) is 0. The van der Waals surface area contributed by atoms with E-state index in [1.54, 1.807) is 30.7 Å². The van der Waals surface area contributed by atoms with Crippen molar-refractivity contribution < 1.29 is 0 Å². The molecule has 0 saturated carbocycles. The van der Waals surface area contributed by atoms with Crippen molar-refractivity contribution in [1.82, 2.24) is 19.9 Å². The Bertz CT molecular complexity index is 308. The third-order valence-corrected chi connectivity index (χ3v) is 1.38. The first-order valence-electron chi connectivity index (χ1n) is 3.50. The maximum atomic E-state index is 4.05. The van der Waals surface area contributed by atoms with Crippen LogP contribution >= 0.6 is 0 Å². The van der Waals surface area contributed by atoms with E-state index in [4.69, 9.17) is 0 Å². The van der Waals surface area contributed by atoms with Gasteiger partial charge in [-0.3, -0.25) is 0 Å². The lowest BCUT2D eigenvalue weighted by atomic mass is 10.4. The number of hydrogen-bond acceptors (Lipinski definition) is 4. The Morgan fingerprint density at radius 3 is 2.42 bits per heavy atom. The van der Waals surface area contributed by atoms with Gasteiger partial charge in [0.2, 0.25) is 0 Å². The molecule has 2 heterocycles. The van der Waals surface area contributed by atoms with Gasteiger partial charge < -0.3 is 0 Å². The smallest absolute Gasteiger partial charge is 0.178 e. The van der Waals surface area contributed by atoms with Crippen molar-refractivity contribution in [2.24, 2.45) is 0 Å². The van der Waals surface area contributed by atoms with E-state index in [2.05, 4.69) is 19.9 Å². The third-order valence-electron chi connectivity index (χ3n) is 1.38. The van der Waals surface area contributed by atoms with Crippen molar-refractivity contribution >= 4 is 0 Å². The minimum atomic E-state index is 0.625. The first-order valence-corrected chi connectivity index (χ1v) is 3.50. The predicted molar refractivity (Wildman–Crippen MR) is 43.1 cm³/mol. The summed E-state index contributed by atoms with van der Waals surface area (Å²) in [6.07, 6.45) is 6.51. The summed E-state index contributed by atoms with van der Waals surface area (Å²) < 4.78 is 0. The van der Waals surface area contributed by atoms with E-state index < -0.39 is 0 Å². The number of nitrogens with zero attached hydrogens (tertiary/aromatic N) is 4. The molecule has 0 fully saturated rings. The minimum absolute atomic E-state index is 0.625. The standard InChI is InChI=1S/C8H6N4/c1-3-10-8(11-4-1)7-2-5-9-6-12-7/h1-6H. The number of rotatable bonds is 1. The van der Waals surface area contributed by atoms with Crippen molar-refractivity contribution in [1.29, 1.82) is 0 Å². The largest absolute Gasteiger partial charge is 0.245 e. The fourth-order valence-corrected chi connectivity index (χ4v) is 0.854. The highest BCUT2D eigenvalue weighted by Gasteiger charge is 1.97. The Kier molecular flexibility index (Phi) is 1.74. The molecule has 0 unspecified atom stereocenters. The zero-order valence-corrected chi connectivity index (χ0v) is 6.25. The zero-order valence-electron chi connectivity index (χ0n) is 6.25. The molecular formula is C8H6N4. The van der Waals surface area contributed by atoms with Crippen LogP contribution in [-0.2, 0) is 0 Å². The Balaban J connectivity index is 2.46. The molecule has 0 aliphatic rings. The maximum absolute atomic E-state index is 4.05. The van der Waals surface area contributed by atoms with Crippen LogP contribution in [0.2, 0.25) is 0 Å². The van der Waals surface area contributed by atoms with Gasteiger partial charge >= 0.3 is 0 Å². The molecule has 2 aromatic heterocycles. The molecule has 2 aromatic rings. The molecule has 0 aliphatic heterocycles. The van der Waals surface area contributed by atoms with E-state index in [1.807, 2.05) is 0 Å². The second kappa shape index (κ2) is 3.04. The highest BCUT2D eigenvalue weighted by Crippen LogP contribution is 2.06. The van der Waals surface area contributed by atoms with Crippen LogP contribution in [0.15, 0.2) is 37.1 Å². The quantitative estimate of drug-likeness (QED) is 0.619. The molecule has 0 aromatic carbocycles. The lowest BCUT2D eigenvalue weighted by Gasteiger charge is -1.94. The van der Waals surface area contributed by atoms with Crippen molar-refractivity contribution in [2.75, 3.05) is 0 Å². The van der Waals surface area contributed by atoms with E-state index in [1.165, 1.54) is 6.33 Å². The van der Waals surface area contributed by atoms with Crippen LogP contribution in [0.25, 0.3) is 11.5 Å². The predicted octanol–water partition coefficient (Wildman–Crippen LogP) is 0.934. The molecule has 0 aliphatic carbocycles. The topological polar surface area (TPSA) is 51.6 Å². The van der Waals surface area contributed by atoms with E-state index in [9.17, 15) is 0 Å². The van der Waals surface area contributed by atoms with Gasteiger partial charge in [0.25, 0.3) is 0 Å². The van der Waals surface area contributed by atoms with Crippen molar-refractivity contribution in [3.63, 3.8) is 0 Å². The summed E-state index contributed by atoms with van der Waals surface area (Å²) in [5, 5.41) is 0. The normalized spacial score (nSPS) is 9.67. The van der Waals surface area contributed by atoms with Gasteiger partial charge in [-0.15, -0.1) is 0 Å². The Morgan fingerprint density at radius 2 is 1.75 bits per heavy atom. The van der Waals surface area contributed by atoms with Gasteiger partial charge in [-0.05, 0) is 12.1 Å². The first-order chi connectivity index (χ1) is 5.97. The van der Waals surface area contributed by atoms with E-state index in [0.717, 1.165) is 5.69 Å². The SMILES string of the molecule is c1cnc(-c2ccncn2)nc1. The molecule has 0 atom stereocenters. The Hall–Kier alpha value is -1.84. The van der Waals surface area contributed by atoms with Crippen LogP contribution in [0.5, 0.6) is 0 Å². The fraction of sp³-hybridized carbons (Fsp3) is 0. The summed E-state index contributed by atoms with van der Waals surface area (Å²) in [7, 11) is 0. The molecule has 2 rings (SSSR count). The fourth-order valence-electron chi connectivity index (χ4n) is 0.854. The monoisotopic (exact) mass is 158 g/mol. The summed E-state index contributed by atoms with van der Waals surface area (Å²) >= 11 is 0. The molecule has 0 amide bonds. The molecule has 58 valence electrons. The Labute approximate surface area is 69.4 Å². The van der Waals surface area contributed by atoms with E-state index in [0.29, 0.717) is 5.82 Å². The van der Waals surface area contributed by atoms with E-state index >= 15 is 0 Å². The average Bonchev–Trinajstić information content (AvgIpc) is 2.21. The number of hydrogen-bond donors (Lipinski definition) is 0. The molecular weight excluding hydrogens is 152 g/mol. The third kappa shape index (κ3) is 1.27. The first kappa shape index (κ1) is 6.84. The van der Waals surface area contributed by atoms with Crippen molar-refractivity contribution in [2.45, 2.75) is 0 Å². The Morgan fingerprint density at radius 1 is 0.917 bits per heavy atom. The van der Waals surface area contributed by atoms with Crippen molar-refractivity contribution in [3.8, 4) is 11.5 Å². The molecule has 0 bridgehead atoms. The summed E-state index contributed by atoms with van der Waals surface area (Å²) in [4.78, 5) is 15.9. The summed E-state index contributed by atoms with van der Waals surface area (Å²) in [6, 6.07) is 3.54. The number of aromatic nitrogens is 4.